The average molecular weight is 236 g/mol. The van der Waals surface area contributed by atoms with E-state index in [9.17, 15) is 0 Å². The fourth-order valence-electron chi connectivity index (χ4n) is 1.90. The quantitative estimate of drug-likeness (QED) is 0.794. The van der Waals surface area contributed by atoms with Crippen molar-refractivity contribution in [3.05, 3.63) is 17.8 Å². The molecule has 4 nitrogen and oxygen atoms in total. The monoisotopic (exact) mass is 236 g/mol. The predicted octanol–water partition coefficient (Wildman–Crippen LogP) is 2.11. The van der Waals surface area contributed by atoms with E-state index in [-0.39, 0.29) is 0 Å². The van der Waals surface area contributed by atoms with Crippen molar-refractivity contribution in [2.75, 3.05) is 30.7 Å². The number of rotatable bonds is 6. The second kappa shape index (κ2) is 6.45. The zero-order valence-electron chi connectivity index (χ0n) is 11.3. The van der Waals surface area contributed by atoms with Gasteiger partial charge in [-0.2, -0.15) is 0 Å². The number of hydrogen-bond acceptors (Lipinski definition) is 4. The van der Waals surface area contributed by atoms with Crippen molar-refractivity contribution in [2.24, 2.45) is 0 Å². The number of anilines is 2. The highest BCUT2D eigenvalue weighted by atomic mass is 15.1. The normalized spacial score (nSPS) is 12.8. The van der Waals surface area contributed by atoms with Gasteiger partial charge in [-0.15, -0.1) is 0 Å². The predicted molar refractivity (Wildman–Crippen MR) is 74.3 cm³/mol. The second-order valence-corrected chi connectivity index (χ2v) is 4.47. The largest absolute Gasteiger partial charge is 0.397 e. The van der Waals surface area contributed by atoms with Crippen LogP contribution in [0.1, 0.15) is 26.3 Å². The maximum absolute atomic E-state index is 5.68. The molecule has 1 heterocycles. The number of aromatic nitrogens is 1. The minimum absolute atomic E-state index is 0.379. The van der Waals surface area contributed by atoms with Crippen LogP contribution in [0, 0.1) is 6.92 Å². The molecule has 0 saturated heterocycles. The number of pyridine rings is 1. The van der Waals surface area contributed by atoms with Gasteiger partial charge in [-0.1, -0.05) is 13.8 Å². The number of nitrogen functional groups attached to an aromatic ring is 1. The highest BCUT2D eigenvalue weighted by molar-refractivity contribution is 5.51. The summed E-state index contributed by atoms with van der Waals surface area (Å²) in [6.07, 6.45) is 1.69. The van der Waals surface area contributed by atoms with Crippen molar-refractivity contribution >= 4 is 11.5 Å². The number of aryl methyl sites for hydroxylation is 1. The van der Waals surface area contributed by atoms with Crippen molar-refractivity contribution < 1.29 is 0 Å². The van der Waals surface area contributed by atoms with Gasteiger partial charge in [0.2, 0.25) is 0 Å². The van der Waals surface area contributed by atoms with Gasteiger partial charge < -0.3 is 16.0 Å². The summed E-state index contributed by atoms with van der Waals surface area (Å²) in [6, 6.07) is 2.32. The molecule has 0 amide bonds. The maximum Gasteiger partial charge on any atom is 0.129 e. The van der Waals surface area contributed by atoms with Crippen LogP contribution in [0.15, 0.2) is 12.3 Å². The molecule has 0 aliphatic heterocycles. The first-order valence-electron chi connectivity index (χ1n) is 6.27. The molecule has 0 bridgehead atoms. The minimum Gasteiger partial charge on any atom is -0.397 e. The van der Waals surface area contributed by atoms with E-state index in [2.05, 4.69) is 36.0 Å². The van der Waals surface area contributed by atoms with Crippen LogP contribution in [0.4, 0.5) is 11.5 Å². The Bertz CT molecular complexity index is 347. The molecular formula is C13H24N4. The number of nitrogens with one attached hydrogen (secondary N) is 1. The van der Waals surface area contributed by atoms with E-state index in [1.807, 2.05) is 13.0 Å². The van der Waals surface area contributed by atoms with Crippen molar-refractivity contribution in [1.82, 2.24) is 9.88 Å². The third-order valence-corrected chi connectivity index (χ3v) is 2.91. The molecule has 0 saturated carbocycles. The van der Waals surface area contributed by atoms with E-state index >= 15 is 0 Å². The van der Waals surface area contributed by atoms with E-state index in [4.69, 9.17) is 5.73 Å². The zero-order chi connectivity index (χ0) is 12.8. The second-order valence-electron chi connectivity index (χ2n) is 4.47. The standard InChI is InChI=1S/C13H24N4/c1-5-17(6-2)9-11(4)16-13-10(3)7-12(14)8-15-13/h7-8,11H,5-6,9,14H2,1-4H3,(H,15,16). The summed E-state index contributed by atoms with van der Waals surface area (Å²) in [5.41, 5.74) is 7.49. The molecule has 0 spiro atoms. The van der Waals surface area contributed by atoms with Crippen LogP contribution in [0.5, 0.6) is 0 Å². The Morgan fingerprint density at radius 1 is 1.41 bits per heavy atom. The highest BCUT2D eigenvalue weighted by Gasteiger charge is 2.09. The molecule has 4 heteroatoms. The summed E-state index contributed by atoms with van der Waals surface area (Å²) in [6.45, 7) is 11.8. The third-order valence-electron chi connectivity index (χ3n) is 2.91. The number of hydrogen-bond donors (Lipinski definition) is 2. The van der Waals surface area contributed by atoms with Crippen molar-refractivity contribution in [3.63, 3.8) is 0 Å². The maximum atomic E-state index is 5.68. The van der Waals surface area contributed by atoms with Crippen molar-refractivity contribution in [2.45, 2.75) is 33.7 Å². The fraction of sp³-hybridized carbons (Fsp3) is 0.615. The first-order chi connectivity index (χ1) is 8.06. The molecule has 0 fully saturated rings. The Kier molecular flexibility index (Phi) is 5.22. The van der Waals surface area contributed by atoms with Gasteiger partial charge in [0.05, 0.1) is 11.9 Å². The van der Waals surface area contributed by atoms with Crippen LogP contribution >= 0.6 is 0 Å². The van der Waals surface area contributed by atoms with Gasteiger partial charge in [-0.25, -0.2) is 4.98 Å². The Hall–Kier alpha value is -1.29. The van der Waals surface area contributed by atoms with E-state index in [0.29, 0.717) is 11.7 Å². The first kappa shape index (κ1) is 13.8. The molecule has 1 rings (SSSR count). The van der Waals surface area contributed by atoms with Crippen LogP contribution in [0.25, 0.3) is 0 Å². The summed E-state index contributed by atoms with van der Waals surface area (Å²) in [4.78, 5) is 6.72. The van der Waals surface area contributed by atoms with Crippen LogP contribution in [0.3, 0.4) is 0 Å². The Morgan fingerprint density at radius 2 is 2.06 bits per heavy atom. The molecule has 0 aliphatic rings. The molecule has 1 unspecified atom stereocenters. The molecule has 1 atom stereocenters. The van der Waals surface area contributed by atoms with Gasteiger partial charge in [0.15, 0.2) is 0 Å². The third kappa shape index (κ3) is 4.23. The van der Waals surface area contributed by atoms with E-state index < -0.39 is 0 Å². The molecule has 1 aromatic heterocycles. The molecular weight excluding hydrogens is 212 g/mol. The lowest BCUT2D eigenvalue weighted by atomic mass is 10.2. The van der Waals surface area contributed by atoms with Gasteiger partial charge >= 0.3 is 0 Å². The van der Waals surface area contributed by atoms with Gasteiger partial charge in [-0.3, -0.25) is 0 Å². The molecule has 17 heavy (non-hydrogen) atoms. The van der Waals surface area contributed by atoms with Crippen LogP contribution in [0.2, 0.25) is 0 Å². The summed E-state index contributed by atoms with van der Waals surface area (Å²) >= 11 is 0. The van der Waals surface area contributed by atoms with Crippen LogP contribution in [-0.4, -0.2) is 35.6 Å². The lowest BCUT2D eigenvalue weighted by molar-refractivity contribution is 0.294. The summed E-state index contributed by atoms with van der Waals surface area (Å²) in [5, 5.41) is 3.43. The molecule has 0 aliphatic carbocycles. The Balaban J connectivity index is 2.58. The zero-order valence-corrected chi connectivity index (χ0v) is 11.3. The summed E-state index contributed by atoms with van der Waals surface area (Å²) in [7, 11) is 0. The van der Waals surface area contributed by atoms with Gasteiger partial charge in [0.1, 0.15) is 5.82 Å². The molecule has 96 valence electrons. The molecule has 0 aromatic carbocycles. The number of likely N-dealkylation sites (N-methyl/N-ethyl adjacent to an activating group) is 1. The van der Waals surface area contributed by atoms with Crippen molar-refractivity contribution in [3.8, 4) is 0 Å². The Labute approximate surface area is 104 Å². The van der Waals surface area contributed by atoms with E-state index in [0.717, 1.165) is 31.0 Å². The first-order valence-corrected chi connectivity index (χ1v) is 6.27. The lowest BCUT2D eigenvalue weighted by Crippen LogP contribution is -2.35. The SMILES string of the molecule is CCN(CC)CC(C)Nc1ncc(N)cc1C. The lowest BCUT2D eigenvalue weighted by Gasteiger charge is -2.24. The number of nitrogens with two attached hydrogens (primary N) is 1. The molecule has 3 N–H and O–H groups in total. The minimum atomic E-state index is 0.379. The number of nitrogens with zero attached hydrogens (tertiary/aromatic N) is 2. The Morgan fingerprint density at radius 3 is 2.59 bits per heavy atom. The van der Waals surface area contributed by atoms with Crippen LogP contribution in [-0.2, 0) is 0 Å². The van der Waals surface area contributed by atoms with Crippen LogP contribution < -0.4 is 11.1 Å². The van der Waals surface area contributed by atoms with Gasteiger partial charge in [0, 0.05) is 12.6 Å². The fourth-order valence-corrected chi connectivity index (χ4v) is 1.90. The van der Waals surface area contributed by atoms with E-state index in [1.165, 1.54) is 0 Å². The molecule has 1 aromatic rings. The van der Waals surface area contributed by atoms with Gasteiger partial charge in [-0.05, 0) is 38.6 Å². The topological polar surface area (TPSA) is 54.2 Å². The van der Waals surface area contributed by atoms with Crippen molar-refractivity contribution in [1.29, 1.82) is 0 Å². The smallest absolute Gasteiger partial charge is 0.129 e. The van der Waals surface area contributed by atoms with Gasteiger partial charge in [0.25, 0.3) is 0 Å². The molecule has 0 radical (unpaired) electrons. The van der Waals surface area contributed by atoms with E-state index in [1.54, 1.807) is 6.20 Å². The summed E-state index contributed by atoms with van der Waals surface area (Å²) in [5.74, 6) is 0.929. The summed E-state index contributed by atoms with van der Waals surface area (Å²) < 4.78 is 0. The highest BCUT2D eigenvalue weighted by Crippen LogP contribution is 2.14. The average Bonchev–Trinajstić information content (AvgIpc) is 2.29.